The number of nitrogens with zero attached hydrogens (tertiary/aromatic N) is 6. The highest BCUT2D eigenvalue weighted by Crippen LogP contribution is 2.17. The molecule has 32 heavy (non-hydrogen) atoms. The fourth-order valence-corrected chi connectivity index (χ4v) is 2.85. The van der Waals surface area contributed by atoms with Gasteiger partial charge in [0.15, 0.2) is 0 Å². The Morgan fingerprint density at radius 1 is 0.688 bits per heavy atom. The van der Waals surface area contributed by atoms with Gasteiger partial charge in [0.05, 0.1) is 61.9 Å². The van der Waals surface area contributed by atoms with Crippen molar-refractivity contribution in [1.82, 2.24) is 10.0 Å². The standard InChI is InChI=1S/C22H26N6O4/c1-3-31-21(29)17-5-9-19(10-6-17)23-25-27-13-15-28(16-14-27)26-24-20-11-7-18(8-12-20)22(30)32-4-2/h5-12H,3-4,13-16H2,1-2H3/b25-23+,26-24+. The van der Waals surface area contributed by atoms with Crippen LogP contribution in [0.2, 0.25) is 0 Å². The van der Waals surface area contributed by atoms with E-state index in [0.29, 0.717) is 61.9 Å². The Labute approximate surface area is 186 Å². The lowest BCUT2D eigenvalue weighted by molar-refractivity contribution is 0.0517. The molecule has 0 saturated carbocycles. The first-order valence-electron chi connectivity index (χ1n) is 10.5. The van der Waals surface area contributed by atoms with Gasteiger partial charge in [0.25, 0.3) is 0 Å². The van der Waals surface area contributed by atoms with E-state index < -0.39 is 0 Å². The summed E-state index contributed by atoms with van der Waals surface area (Å²) in [4.78, 5) is 23.4. The first kappa shape index (κ1) is 22.9. The molecule has 2 aromatic carbocycles. The average Bonchev–Trinajstić information content (AvgIpc) is 2.83. The van der Waals surface area contributed by atoms with Crippen LogP contribution in [0.25, 0.3) is 0 Å². The molecule has 0 radical (unpaired) electrons. The van der Waals surface area contributed by atoms with E-state index in [1.54, 1.807) is 62.4 Å². The largest absolute Gasteiger partial charge is 0.462 e. The van der Waals surface area contributed by atoms with Gasteiger partial charge in [0.2, 0.25) is 0 Å². The summed E-state index contributed by atoms with van der Waals surface area (Å²) >= 11 is 0. The molecule has 0 spiro atoms. The first-order chi connectivity index (χ1) is 15.6. The molecule has 0 amide bonds. The Morgan fingerprint density at radius 3 is 1.34 bits per heavy atom. The molecule has 0 N–H and O–H groups in total. The smallest absolute Gasteiger partial charge is 0.338 e. The van der Waals surface area contributed by atoms with Crippen LogP contribution in [0.15, 0.2) is 69.2 Å². The third-order valence-corrected chi connectivity index (χ3v) is 4.56. The highest BCUT2D eigenvalue weighted by molar-refractivity contribution is 5.90. The lowest BCUT2D eigenvalue weighted by Crippen LogP contribution is -2.40. The summed E-state index contributed by atoms with van der Waals surface area (Å²) in [6.45, 7) is 6.85. The highest BCUT2D eigenvalue weighted by atomic mass is 16.5. The van der Waals surface area contributed by atoms with Gasteiger partial charge in [-0.15, -0.1) is 10.2 Å². The Kier molecular flexibility index (Phi) is 8.24. The van der Waals surface area contributed by atoms with Crippen LogP contribution in [0.5, 0.6) is 0 Å². The maximum atomic E-state index is 11.7. The molecule has 2 aromatic rings. The minimum atomic E-state index is -0.351. The summed E-state index contributed by atoms with van der Waals surface area (Å²) in [5.74, 6) is -0.701. The van der Waals surface area contributed by atoms with E-state index in [0.717, 1.165) is 0 Å². The predicted octanol–water partition coefficient (Wildman–Crippen LogP) is 4.36. The topological polar surface area (TPSA) is 109 Å². The van der Waals surface area contributed by atoms with Gasteiger partial charge in [-0.3, -0.25) is 10.0 Å². The van der Waals surface area contributed by atoms with E-state index in [-0.39, 0.29) is 11.9 Å². The Bertz CT molecular complexity index is 872. The second-order valence-corrected chi connectivity index (χ2v) is 6.82. The third-order valence-electron chi connectivity index (χ3n) is 4.56. The fourth-order valence-electron chi connectivity index (χ4n) is 2.85. The van der Waals surface area contributed by atoms with Crippen LogP contribution in [0.1, 0.15) is 34.6 Å². The van der Waals surface area contributed by atoms with Crippen LogP contribution in [0.4, 0.5) is 11.4 Å². The van der Waals surface area contributed by atoms with Crippen molar-refractivity contribution < 1.29 is 19.1 Å². The Balaban J connectivity index is 1.45. The zero-order chi connectivity index (χ0) is 22.8. The van der Waals surface area contributed by atoms with E-state index in [1.165, 1.54) is 0 Å². The zero-order valence-corrected chi connectivity index (χ0v) is 18.2. The maximum absolute atomic E-state index is 11.7. The third kappa shape index (κ3) is 6.59. The Morgan fingerprint density at radius 2 is 1.03 bits per heavy atom. The van der Waals surface area contributed by atoms with Gasteiger partial charge >= 0.3 is 11.9 Å². The molecule has 0 aliphatic carbocycles. The fraction of sp³-hybridized carbons (Fsp3) is 0.364. The minimum Gasteiger partial charge on any atom is -0.462 e. The Hall–Kier alpha value is -3.82. The molecular weight excluding hydrogens is 412 g/mol. The number of piperazine rings is 1. The number of hydrogen-bond donors (Lipinski definition) is 0. The lowest BCUT2D eigenvalue weighted by atomic mass is 10.2. The quantitative estimate of drug-likeness (QED) is 0.448. The van der Waals surface area contributed by atoms with Crippen molar-refractivity contribution in [3.8, 4) is 0 Å². The van der Waals surface area contributed by atoms with Crippen molar-refractivity contribution in [2.24, 2.45) is 20.7 Å². The summed E-state index contributed by atoms with van der Waals surface area (Å²) in [7, 11) is 0. The highest BCUT2D eigenvalue weighted by Gasteiger charge is 2.14. The van der Waals surface area contributed by atoms with Crippen molar-refractivity contribution in [3.05, 3.63) is 59.7 Å². The number of carbonyl (C=O) groups is 2. The minimum absolute atomic E-state index is 0.341. The normalized spacial score (nSPS) is 14.2. The number of esters is 2. The molecule has 0 unspecified atom stereocenters. The van der Waals surface area contributed by atoms with Crippen molar-refractivity contribution in [2.45, 2.75) is 13.8 Å². The van der Waals surface area contributed by atoms with Crippen molar-refractivity contribution in [1.29, 1.82) is 0 Å². The number of rotatable bonds is 8. The molecule has 0 bridgehead atoms. The molecule has 10 heteroatoms. The van der Waals surface area contributed by atoms with Crippen LogP contribution in [-0.2, 0) is 9.47 Å². The van der Waals surface area contributed by atoms with Crippen molar-refractivity contribution in [3.63, 3.8) is 0 Å². The lowest BCUT2D eigenvalue weighted by Gasteiger charge is -2.29. The van der Waals surface area contributed by atoms with Crippen LogP contribution >= 0.6 is 0 Å². The number of carbonyl (C=O) groups excluding carboxylic acids is 2. The van der Waals surface area contributed by atoms with Crippen LogP contribution in [0, 0.1) is 0 Å². The van der Waals surface area contributed by atoms with Gasteiger partial charge in [-0.05, 0) is 62.4 Å². The summed E-state index contributed by atoms with van der Waals surface area (Å²) in [6.07, 6.45) is 0. The number of benzene rings is 2. The molecular formula is C22H26N6O4. The molecule has 0 atom stereocenters. The van der Waals surface area contributed by atoms with Crippen molar-refractivity contribution in [2.75, 3.05) is 39.4 Å². The summed E-state index contributed by atoms with van der Waals surface area (Å²) in [6, 6.07) is 13.6. The summed E-state index contributed by atoms with van der Waals surface area (Å²) in [5, 5.41) is 20.7. The number of ether oxygens (including phenoxy) is 2. The van der Waals surface area contributed by atoms with Crippen LogP contribution in [-0.4, -0.2) is 61.3 Å². The second kappa shape index (κ2) is 11.5. The summed E-state index contributed by atoms with van der Waals surface area (Å²) in [5.41, 5.74) is 2.29. The van der Waals surface area contributed by atoms with E-state index in [4.69, 9.17) is 9.47 Å². The van der Waals surface area contributed by atoms with E-state index in [1.807, 2.05) is 10.0 Å². The molecule has 1 saturated heterocycles. The molecule has 10 nitrogen and oxygen atoms in total. The first-order valence-corrected chi connectivity index (χ1v) is 10.5. The van der Waals surface area contributed by atoms with Gasteiger partial charge in [-0.2, -0.15) is 0 Å². The van der Waals surface area contributed by atoms with Gasteiger partial charge in [0.1, 0.15) is 0 Å². The zero-order valence-electron chi connectivity index (χ0n) is 18.2. The van der Waals surface area contributed by atoms with Crippen LogP contribution < -0.4 is 0 Å². The molecule has 1 aliphatic heterocycles. The molecule has 168 valence electrons. The monoisotopic (exact) mass is 438 g/mol. The predicted molar refractivity (Wildman–Crippen MR) is 117 cm³/mol. The SMILES string of the molecule is CCOC(=O)c1ccc(/N=N/N2CCN(/N=N/c3ccc(C(=O)OCC)cc3)CC2)cc1. The van der Waals surface area contributed by atoms with E-state index >= 15 is 0 Å². The van der Waals surface area contributed by atoms with Gasteiger partial charge in [-0.25, -0.2) is 9.59 Å². The van der Waals surface area contributed by atoms with E-state index in [9.17, 15) is 9.59 Å². The number of hydrogen-bond acceptors (Lipinski definition) is 8. The van der Waals surface area contributed by atoms with Gasteiger partial charge < -0.3 is 9.47 Å². The molecule has 1 heterocycles. The molecule has 3 rings (SSSR count). The average molecular weight is 438 g/mol. The van der Waals surface area contributed by atoms with Crippen LogP contribution in [0.3, 0.4) is 0 Å². The van der Waals surface area contributed by atoms with Gasteiger partial charge in [0, 0.05) is 0 Å². The van der Waals surface area contributed by atoms with Crippen molar-refractivity contribution >= 4 is 23.3 Å². The summed E-state index contributed by atoms with van der Waals surface area (Å²) < 4.78 is 9.93. The molecule has 0 aromatic heterocycles. The van der Waals surface area contributed by atoms with Gasteiger partial charge in [-0.1, -0.05) is 10.4 Å². The second-order valence-electron chi connectivity index (χ2n) is 6.82. The molecule has 1 aliphatic rings. The van der Waals surface area contributed by atoms with E-state index in [2.05, 4.69) is 20.7 Å². The maximum Gasteiger partial charge on any atom is 0.338 e. The molecule has 1 fully saturated rings.